The molecule has 30 saturated heterocycles. The second-order valence-corrected chi connectivity index (χ2v) is 37.6. The van der Waals surface area contributed by atoms with Gasteiger partial charge in [-0.2, -0.15) is 132 Å². The van der Waals surface area contributed by atoms with Crippen molar-refractivity contribution in [3.05, 3.63) is 27.7 Å². The van der Waals surface area contributed by atoms with Gasteiger partial charge in [-0.25, -0.2) is 0 Å². The summed E-state index contributed by atoms with van der Waals surface area (Å²) in [5.41, 5.74) is 0. The predicted octanol–water partition coefficient (Wildman–Crippen LogP) is -37.9. The number of thioether (sulfide) groups is 8. The third kappa shape index (κ3) is 45.5. The molecule has 736 valence electrons. The van der Waals surface area contributed by atoms with Gasteiger partial charge in [0, 0.05) is 69.9 Å². The van der Waals surface area contributed by atoms with E-state index in [1.807, 2.05) is 0 Å². The molecule has 0 aromatic carbocycles. The van der Waals surface area contributed by atoms with E-state index < -0.39 is 295 Å². The Morgan fingerprint density at radius 3 is 0.404 bits per heavy atom. The van der Waals surface area contributed by atoms with Crippen LogP contribution in [0.3, 0.4) is 0 Å². The molecule has 0 aliphatic carbocycles. The summed E-state index contributed by atoms with van der Waals surface area (Å²) in [6.07, 6.45) is -77.2. The van der Waals surface area contributed by atoms with Crippen molar-refractivity contribution < 1.29 is 472 Å². The molecule has 0 aromatic rings. The normalized spacial score (nSPS) is 38.4. The van der Waals surface area contributed by atoms with E-state index in [0.717, 1.165) is 94.1 Å². The van der Waals surface area contributed by atoms with Gasteiger partial charge in [0.15, 0.2) is 50.3 Å². The average molecular weight is 2180 g/mol. The van der Waals surface area contributed by atoms with E-state index >= 15 is 0 Å². The van der Waals surface area contributed by atoms with Gasteiger partial charge in [0.25, 0.3) is 0 Å². The van der Waals surface area contributed by atoms with Crippen LogP contribution in [0.15, 0.2) is 0 Å². The third-order valence-electron chi connectivity index (χ3n) is 20.1. The Balaban J connectivity index is -0.00000413. The number of aliphatic carboxylic acids is 4. The van der Waals surface area contributed by atoms with Crippen molar-refractivity contribution in [3.63, 3.8) is 0 Å². The Bertz CT molecular complexity index is 3320. The molecule has 0 saturated carbocycles. The molecule has 16 bridgehead atoms. The van der Waals surface area contributed by atoms with Gasteiger partial charge in [-0.15, -0.1) is 23.0 Å². The van der Waals surface area contributed by atoms with Crippen molar-refractivity contribution in [2.75, 3.05) is 92.0 Å². The smallest absolute Gasteiger partial charge is 0.550 e. The van der Waals surface area contributed by atoms with Crippen LogP contribution in [-0.2, 0) is 133 Å². The van der Waals surface area contributed by atoms with Gasteiger partial charge in [-0.3, -0.25) is 0 Å². The van der Waals surface area contributed by atoms with Crippen LogP contribution in [0.5, 0.6) is 0 Å². The molecule has 0 aromatic heterocycles. The first-order chi connectivity index (χ1) is 61.0. The van der Waals surface area contributed by atoms with Crippen molar-refractivity contribution in [1.82, 2.24) is 0 Å². The first-order valence-corrected chi connectivity index (χ1v) is 48.1. The molecule has 30 heterocycles. The molecule has 48 nitrogen and oxygen atoms in total. The van der Waals surface area contributed by atoms with Crippen LogP contribution in [0, 0.1) is 27.7 Å². The summed E-state index contributed by atoms with van der Waals surface area (Å²) < 4.78 is 100. The Morgan fingerprint density at radius 2 is 0.309 bits per heavy atom. The topological polar surface area (TPSA) is 768 Å². The molecule has 40 unspecified atom stereocenters. The van der Waals surface area contributed by atoms with Crippen LogP contribution in [0.25, 0.3) is 0 Å². The molecule has 64 heteroatoms. The number of hydrogen-bond acceptors (Lipinski definition) is 56. The Hall–Kier alpha value is 4.92. The summed E-state index contributed by atoms with van der Waals surface area (Å²) in [5, 5.41) is 240. The molecule has 16 N–H and O–H groups in total. The van der Waals surface area contributed by atoms with Crippen LogP contribution in [-0.4, -0.2) is 468 Å². The van der Waals surface area contributed by atoms with Crippen molar-refractivity contribution in [2.45, 2.75) is 271 Å². The zero-order valence-electron chi connectivity index (χ0n) is 75.5. The summed E-state index contributed by atoms with van der Waals surface area (Å²) in [5.74, 6) is -7.50. The maximum absolute atomic E-state index is 12.2. The zero-order valence-corrected chi connectivity index (χ0v) is 98.1. The summed E-state index contributed by atoms with van der Waals surface area (Å²) >= 11 is 8.17. The van der Waals surface area contributed by atoms with Gasteiger partial charge in [0.05, 0.1) is 48.8 Å². The summed E-state index contributed by atoms with van der Waals surface area (Å²) in [7, 11) is 0. The van der Waals surface area contributed by atoms with Crippen LogP contribution in [0.4, 0.5) is 0 Å². The predicted molar refractivity (Wildman–Crippen MR) is 423 cm³/mol. The number of carboxylic acid groups (broad SMARTS) is 4. The molecule has 0 spiro atoms. The molecule has 40 atom stereocenters. The average Bonchev–Trinajstić information content (AvgIpc) is 0.767. The van der Waals surface area contributed by atoms with Gasteiger partial charge in [0.2, 0.25) is 0 Å². The van der Waals surface area contributed by atoms with Crippen LogP contribution >= 0.6 is 94.1 Å². The minimum atomic E-state index is -2.28. The van der Waals surface area contributed by atoms with E-state index in [1.54, 1.807) is 0 Å². The van der Waals surface area contributed by atoms with Gasteiger partial charge < -0.3 is 225 Å². The van der Waals surface area contributed by atoms with E-state index in [9.17, 15) is 121 Å². The van der Waals surface area contributed by atoms with E-state index in [1.165, 1.54) is 0 Å². The van der Waals surface area contributed by atoms with E-state index in [2.05, 4.69) is 27.7 Å². The summed E-state index contributed by atoms with van der Waals surface area (Å²) in [6, 6.07) is 0. The molecular weight excluding hydrogens is 2070 g/mol. The number of carbonyl (C=O) groups is 4. The quantitative estimate of drug-likeness (QED) is 0.0169. The Kier molecular flexibility index (Phi) is 85.4. The number of aliphatic hydroxyl groups is 16. The molecule has 30 fully saturated rings. The standard InChI is InChI=1S/C68H108O40S8.4CO2.8Na/c1-5-109-17-25-53-38(78)46(86)62(94-25)103-55-27(19-111-7-3)96-64(48(88)40(55)80)105-57-29(21-113-13-9-33(69)70)98-66(50(90)42(57)82)107-59-31(23-115-15-11-35(73)74)100-68(52(92)44(59)84)108-60-32(24-116-16-12-36(75)76)99-67(51(91)43(60)83)106-58-30(22-114-14-10-34(71)72)97-65(49(89)41(58)81)104-56-28(20-112-8-4)95-63(47(87)39(56)79)102-54-26(18-110-6-2)93-61(101-53)45(85)37(54)77;4*2-1-3;;;;;;;;/h25-32,37-68,77-92H,1-24H2,(H,69,70)(H,71,72)(H,73,74)(H,75,76);;;;;;;;;;;;/q-4;;;;;8*+1/p-4. The fourth-order valence-electron chi connectivity index (χ4n) is 14.0. The monoisotopic (exact) mass is 2180 g/mol. The first kappa shape index (κ1) is 147. The summed E-state index contributed by atoms with van der Waals surface area (Å²) in [6.45, 7) is 15.4. The van der Waals surface area contributed by atoms with Gasteiger partial charge in [-0.1, -0.05) is 0 Å². The minimum absolute atomic E-state index is 0. The SMILES string of the molecule is O=C=O.O=C=O.O=C=O.O=C=O.[CH2-]CSCC1OC2OC3C(CSC[CH2-])OC(OC4C(CSCCC(=O)[O-])OC(OC5C(CSCCC(=O)[O-])OC(OC6C(CSCCC(=O)[O-])OC(OC7C(CSCCC(=O)[O-])OC(OC8C(CSC[CH2-])OC(OC9C(CSC[CH2-])OC(OC1C(O)C2O)C(O)C9O)C(O)C8O)C(O)C7O)C(O)C6O)C(O)C5O)C(O)C4O)C(O)C3O.[Na+].[Na+].[Na+].[Na+].[Na+].[Na+].[Na+].[Na+]. The van der Waals surface area contributed by atoms with Crippen LogP contribution in [0.1, 0.15) is 25.7 Å². The molecule has 136 heavy (non-hydrogen) atoms. The Morgan fingerprint density at radius 1 is 0.206 bits per heavy atom. The van der Waals surface area contributed by atoms with Crippen molar-refractivity contribution in [1.29, 1.82) is 0 Å². The van der Waals surface area contributed by atoms with Crippen LogP contribution in [0.2, 0.25) is 0 Å². The van der Waals surface area contributed by atoms with E-state index in [0.29, 0.717) is 0 Å². The van der Waals surface area contributed by atoms with Crippen molar-refractivity contribution >= 4 is 143 Å². The molecule has 30 rings (SSSR count). The number of hydrogen-bond donors (Lipinski definition) is 16. The molecule has 0 radical (unpaired) electrons. The molecule has 0 amide bonds. The number of carboxylic acids is 4. The maximum atomic E-state index is 12.2. The zero-order chi connectivity index (χ0) is 95.3. The minimum Gasteiger partial charge on any atom is -0.550 e. The van der Waals surface area contributed by atoms with E-state index in [4.69, 9.17) is 114 Å². The number of carbonyl (C=O) groups excluding carboxylic acids is 12. The van der Waals surface area contributed by atoms with Crippen molar-refractivity contribution in [3.8, 4) is 0 Å². The molecule has 30 aliphatic rings. The van der Waals surface area contributed by atoms with Gasteiger partial charge in [0.1, 0.15) is 146 Å². The van der Waals surface area contributed by atoms with Crippen molar-refractivity contribution in [2.24, 2.45) is 0 Å². The number of ether oxygens (including phenoxy) is 16. The van der Waals surface area contributed by atoms with Gasteiger partial charge in [-0.05, 0) is 48.7 Å². The molecule has 30 aliphatic heterocycles. The second-order valence-electron chi connectivity index (χ2n) is 28.4. The fourth-order valence-corrected chi connectivity index (χ4v) is 20.6. The third-order valence-corrected chi connectivity index (χ3v) is 27.7. The fraction of sp³-hybridized carbons (Fsp3) is 0.833. The largest absolute Gasteiger partial charge is 1.00 e. The van der Waals surface area contributed by atoms with E-state index in [-0.39, 0.29) is 353 Å². The number of rotatable bonds is 32. The Labute approximate surface area is 992 Å². The number of aliphatic hydroxyl groups excluding tert-OH is 16. The van der Waals surface area contributed by atoms with Crippen LogP contribution < -0.4 is 257 Å². The van der Waals surface area contributed by atoms with Gasteiger partial charge >= 0.3 is 261 Å². The first-order valence-electron chi connectivity index (χ1n) is 38.9. The maximum Gasteiger partial charge on any atom is 1.00 e. The second kappa shape index (κ2) is 79.0. The summed E-state index contributed by atoms with van der Waals surface area (Å²) in [4.78, 5) is 111. The molecular formula is C72H104Na8O48S8.